The summed E-state index contributed by atoms with van der Waals surface area (Å²) in [7, 11) is 0.372. The second-order valence-corrected chi connectivity index (χ2v) is 6.49. The standard InChI is InChI=1S/C14H16N4O7S/c1-22-10-7-11(23-2)17-14(16-10)25-8-5-6-9(18-26(4,20)21)15-12(8)13(19)24-3/h5-7H,1-4H3,(H,15,18). The molecule has 0 saturated carbocycles. The minimum absolute atomic E-state index is 0.0498. The van der Waals surface area contributed by atoms with Crippen LogP contribution < -0.4 is 18.9 Å². The number of sulfonamides is 1. The lowest BCUT2D eigenvalue weighted by molar-refractivity contribution is 0.0591. The number of nitrogens with one attached hydrogen (secondary N) is 1. The summed E-state index contributed by atoms with van der Waals surface area (Å²) >= 11 is 0. The second kappa shape index (κ2) is 7.82. The summed E-state index contributed by atoms with van der Waals surface area (Å²) in [5.41, 5.74) is -0.272. The molecule has 1 N–H and O–H groups in total. The molecular formula is C14H16N4O7S. The predicted molar refractivity (Wildman–Crippen MR) is 89.3 cm³/mol. The Kier molecular flexibility index (Phi) is 5.77. The lowest BCUT2D eigenvalue weighted by Crippen LogP contribution is -2.14. The van der Waals surface area contributed by atoms with E-state index in [2.05, 4.69) is 24.4 Å². The molecule has 0 bridgehead atoms. The van der Waals surface area contributed by atoms with E-state index in [0.29, 0.717) is 0 Å². The van der Waals surface area contributed by atoms with Crippen molar-refractivity contribution in [2.24, 2.45) is 0 Å². The molecule has 0 amide bonds. The average Bonchev–Trinajstić information content (AvgIpc) is 2.60. The normalized spacial score (nSPS) is 10.8. The fraction of sp³-hybridized carbons (Fsp3) is 0.286. The smallest absolute Gasteiger partial charge is 0.360 e. The largest absolute Gasteiger partial charge is 0.481 e. The number of ether oxygens (including phenoxy) is 4. The number of nitrogens with zero attached hydrogens (tertiary/aromatic N) is 3. The minimum Gasteiger partial charge on any atom is -0.481 e. The molecule has 0 radical (unpaired) electrons. The van der Waals surface area contributed by atoms with Gasteiger partial charge in [-0.3, -0.25) is 4.72 Å². The summed E-state index contributed by atoms with van der Waals surface area (Å²) in [5.74, 6) is -0.618. The first kappa shape index (κ1) is 19.2. The number of anilines is 1. The Morgan fingerprint density at radius 3 is 2.15 bits per heavy atom. The van der Waals surface area contributed by atoms with E-state index in [-0.39, 0.29) is 35.0 Å². The molecule has 0 aliphatic heterocycles. The van der Waals surface area contributed by atoms with E-state index in [4.69, 9.17) is 14.2 Å². The van der Waals surface area contributed by atoms with Crippen LogP contribution in [-0.2, 0) is 14.8 Å². The quantitative estimate of drug-likeness (QED) is 0.683. The Morgan fingerprint density at radius 1 is 1.04 bits per heavy atom. The number of hydrogen-bond donors (Lipinski definition) is 1. The summed E-state index contributed by atoms with van der Waals surface area (Å²) < 4.78 is 44.9. The fourth-order valence-electron chi connectivity index (χ4n) is 1.76. The summed E-state index contributed by atoms with van der Waals surface area (Å²) in [5, 5.41) is 0. The van der Waals surface area contributed by atoms with Crippen molar-refractivity contribution < 1.29 is 32.2 Å². The SMILES string of the molecule is COC(=O)c1nc(NS(C)(=O)=O)ccc1Oc1nc(OC)cc(OC)n1. The summed E-state index contributed by atoms with van der Waals surface area (Å²) in [6.07, 6.45) is 0.952. The van der Waals surface area contributed by atoms with Crippen molar-refractivity contribution >= 4 is 21.8 Å². The topological polar surface area (TPSA) is 139 Å². The van der Waals surface area contributed by atoms with Crippen LogP contribution in [0.3, 0.4) is 0 Å². The molecule has 2 aromatic heterocycles. The molecule has 11 nitrogen and oxygen atoms in total. The van der Waals surface area contributed by atoms with Gasteiger partial charge >= 0.3 is 12.0 Å². The van der Waals surface area contributed by atoms with Gasteiger partial charge in [0.25, 0.3) is 0 Å². The van der Waals surface area contributed by atoms with Gasteiger partial charge in [-0.15, -0.1) is 0 Å². The number of hydrogen-bond acceptors (Lipinski definition) is 10. The van der Waals surface area contributed by atoms with Gasteiger partial charge in [0, 0.05) is 0 Å². The number of carbonyl (C=O) groups is 1. The van der Waals surface area contributed by atoms with Gasteiger partial charge in [0.2, 0.25) is 21.8 Å². The molecule has 0 aromatic carbocycles. The van der Waals surface area contributed by atoms with Gasteiger partial charge in [0.15, 0.2) is 11.4 Å². The average molecular weight is 384 g/mol. The van der Waals surface area contributed by atoms with E-state index < -0.39 is 16.0 Å². The van der Waals surface area contributed by atoms with Gasteiger partial charge < -0.3 is 18.9 Å². The highest BCUT2D eigenvalue weighted by Gasteiger charge is 2.19. The zero-order valence-corrected chi connectivity index (χ0v) is 15.2. The maximum Gasteiger partial charge on any atom is 0.360 e. The lowest BCUT2D eigenvalue weighted by atomic mass is 10.3. The number of methoxy groups -OCH3 is 3. The summed E-state index contributed by atoms with van der Waals surface area (Å²) in [6.45, 7) is 0. The Labute approximate surface area is 149 Å². The van der Waals surface area contributed by atoms with Gasteiger partial charge in [0.1, 0.15) is 5.82 Å². The van der Waals surface area contributed by atoms with E-state index in [0.717, 1.165) is 13.4 Å². The number of aromatic nitrogens is 3. The predicted octanol–water partition coefficient (Wildman–Crippen LogP) is 0.839. The zero-order chi connectivity index (χ0) is 19.3. The van der Waals surface area contributed by atoms with Gasteiger partial charge in [-0.2, -0.15) is 9.97 Å². The maximum absolute atomic E-state index is 12.0. The molecule has 0 atom stereocenters. The van der Waals surface area contributed by atoms with Crippen LogP contribution in [-0.4, -0.2) is 56.9 Å². The lowest BCUT2D eigenvalue weighted by Gasteiger charge is -2.11. The van der Waals surface area contributed by atoms with Gasteiger partial charge in [0.05, 0.1) is 33.7 Å². The van der Waals surface area contributed by atoms with Crippen molar-refractivity contribution in [2.45, 2.75) is 0 Å². The van der Waals surface area contributed by atoms with Gasteiger partial charge in [-0.1, -0.05) is 0 Å². The Hall–Kier alpha value is -3.15. The first-order chi connectivity index (χ1) is 12.3. The Balaban J connectivity index is 2.44. The van der Waals surface area contributed by atoms with Crippen molar-refractivity contribution in [3.05, 3.63) is 23.9 Å². The molecule has 12 heteroatoms. The third kappa shape index (κ3) is 4.92. The number of rotatable bonds is 7. The molecule has 2 heterocycles. The van der Waals surface area contributed by atoms with Crippen LogP contribution in [0.5, 0.6) is 23.5 Å². The first-order valence-corrected chi connectivity index (χ1v) is 8.87. The second-order valence-electron chi connectivity index (χ2n) is 4.75. The number of pyridine rings is 1. The van der Waals surface area contributed by atoms with Crippen LogP contribution in [0.1, 0.15) is 10.5 Å². The number of carbonyl (C=O) groups excluding carboxylic acids is 1. The van der Waals surface area contributed by atoms with Crippen LogP contribution >= 0.6 is 0 Å². The van der Waals surface area contributed by atoms with Crippen molar-refractivity contribution in [1.82, 2.24) is 15.0 Å². The van der Waals surface area contributed by atoms with Crippen molar-refractivity contribution in [3.63, 3.8) is 0 Å². The van der Waals surface area contributed by atoms with Crippen LogP contribution in [0.4, 0.5) is 5.82 Å². The number of esters is 1. The molecule has 0 spiro atoms. The fourth-order valence-corrected chi connectivity index (χ4v) is 2.25. The molecule has 0 aliphatic carbocycles. The first-order valence-electron chi connectivity index (χ1n) is 6.97. The summed E-state index contributed by atoms with van der Waals surface area (Å²) in [4.78, 5) is 23.8. The molecule has 0 unspecified atom stereocenters. The van der Waals surface area contributed by atoms with E-state index in [1.165, 1.54) is 32.4 Å². The Bertz CT molecular complexity index is 895. The molecule has 140 valence electrons. The third-order valence-electron chi connectivity index (χ3n) is 2.81. The van der Waals surface area contributed by atoms with Crippen LogP contribution in [0.2, 0.25) is 0 Å². The molecule has 0 aliphatic rings. The highest BCUT2D eigenvalue weighted by atomic mass is 32.2. The molecule has 2 aromatic rings. The molecule has 0 fully saturated rings. The Morgan fingerprint density at radius 2 is 1.65 bits per heavy atom. The highest BCUT2D eigenvalue weighted by molar-refractivity contribution is 7.92. The minimum atomic E-state index is -3.58. The van der Waals surface area contributed by atoms with Crippen LogP contribution in [0.15, 0.2) is 18.2 Å². The van der Waals surface area contributed by atoms with Gasteiger partial charge in [-0.25, -0.2) is 18.2 Å². The molecular weight excluding hydrogens is 368 g/mol. The molecule has 0 saturated heterocycles. The van der Waals surface area contributed by atoms with Crippen molar-refractivity contribution in [2.75, 3.05) is 32.3 Å². The van der Waals surface area contributed by atoms with Crippen LogP contribution in [0.25, 0.3) is 0 Å². The van der Waals surface area contributed by atoms with Gasteiger partial charge in [-0.05, 0) is 12.1 Å². The van der Waals surface area contributed by atoms with E-state index in [9.17, 15) is 13.2 Å². The van der Waals surface area contributed by atoms with E-state index in [1.54, 1.807) is 0 Å². The van der Waals surface area contributed by atoms with E-state index >= 15 is 0 Å². The highest BCUT2D eigenvalue weighted by Crippen LogP contribution is 2.27. The zero-order valence-electron chi connectivity index (χ0n) is 14.3. The third-order valence-corrected chi connectivity index (χ3v) is 3.39. The van der Waals surface area contributed by atoms with E-state index in [1.807, 2.05) is 0 Å². The molecule has 2 rings (SSSR count). The monoisotopic (exact) mass is 384 g/mol. The van der Waals surface area contributed by atoms with Crippen molar-refractivity contribution in [3.8, 4) is 23.5 Å². The maximum atomic E-state index is 12.0. The van der Waals surface area contributed by atoms with Crippen molar-refractivity contribution in [1.29, 1.82) is 0 Å². The summed E-state index contributed by atoms with van der Waals surface area (Å²) in [6, 6.07) is 3.89. The molecule has 26 heavy (non-hydrogen) atoms. The van der Waals surface area contributed by atoms with Crippen LogP contribution in [0, 0.1) is 0 Å².